The lowest BCUT2D eigenvalue weighted by molar-refractivity contribution is -0.136. The van der Waals surface area contributed by atoms with Crippen LogP contribution in [-0.2, 0) is 9.53 Å². The molecule has 5 heteroatoms. The van der Waals surface area contributed by atoms with Crippen LogP contribution in [0.15, 0.2) is 18.2 Å². The molecule has 1 aromatic rings. The second-order valence-electron chi connectivity index (χ2n) is 3.19. The maximum atomic E-state index is 11.1. The lowest BCUT2D eigenvalue weighted by Crippen LogP contribution is -2.02. The molecule has 0 aliphatic rings. The van der Waals surface area contributed by atoms with Crippen LogP contribution in [0.2, 0.25) is 0 Å². The van der Waals surface area contributed by atoms with Crippen LogP contribution in [0, 0.1) is 11.8 Å². The molecule has 0 aliphatic carbocycles. The topological polar surface area (TPSA) is 72.8 Å². The van der Waals surface area contributed by atoms with Crippen LogP contribution < -0.4 is 4.74 Å². The molecule has 0 heterocycles. The molecule has 1 N–H and O–H groups in total. The van der Waals surface area contributed by atoms with Crippen molar-refractivity contribution in [3.05, 3.63) is 29.3 Å². The predicted octanol–water partition coefficient (Wildman–Crippen LogP) is 1.31. The molecule has 0 aromatic heterocycles. The van der Waals surface area contributed by atoms with Crippen molar-refractivity contribution < 1.29 is 24.2 Å². The van der Waals surface area contributed by atoms with Crippen LogP contribution in [0.1, 0.15) is 22.8 Å². The zero-order valence-electron chi connectivity index (χ0n) is 10.0. The molecule has 0 bridgehead atoms. The Bertz CT molecular complexity index is 522. The fourth-order valence-electron chi connectivity index (χ4n) is 1.23. The minimum Gasteiger partial charge on any atom is -0.497 e. The Morgan fingerprint density at radius 1 is 1.39 bits per heavy atom. The van der Waals surface area contributed by atoms with E-state index in [1.807, 2.05) is 0 Å². The number of carboxylic acid groups (broad SMARTS) is 1. The molecule has 5 nitrogen and oxygen atoms in total. The molecule has 94 valence electrons. The highest BCUT2D eigenvalue weighted by Crippen LogP contribution is 2.16. The van der Waals surface area contributed by atoms with Crippen LogP contribution in [-0.4, -0.2) is 30.8 Å². The molecule has 0 radical (unpaired) electrons. The van der Waals surface area contributed by atoms with E-state index in [1.54, 1.807) is 6.92 Å². The molecule has 1 rings (SSSR count). The summed E-state index contributed by atoms with van der Waals surface area (Å²) in [4.78, 5) is 22.0. The fourth-order valence-corrected chi connectivity index (χ4v) is 1.23. The molecule has 18 heavy (non-hydrogen) atoms. The van der Waals surface area contributed by atoms with Gasteiger partial charge in [-0.25, -0.2) is 9.59 Å². The number of ether oxygens (including phenoxy) is 2. The Kier molecular flexibility index (Phi) is 4.76. The first kappa shape index (κ1) is 13.6. The maximum Gasteiger partial charge on any atom is 0.384 e. The Morgan fingerprint density at radius 2 is 2.11 bits per heavy atom. The van der Waals surface area contributed by atoms with Crippen molar-refractivity contribution in [1.82, 2.24) is 0 Å². The Hall–Kier alpha value is -2.48. The van der Waals surface area contributed by atoms with Gasteiger partial charge in [0.15, 0.2) is 0 Å². The second-order valence-corrected chi connectivity index (χ2v) is 3.19. The third kappa shape index (κ3) is 3.52. The van der Waals surface area contributed by atoms with Crippen LogP contribution in [0.25, 0.3) is 0 Å². The van der Waals surface area contributed by atoms with E-state index in [0.717, 1.165) is 0 Å². The highest BCUT2D eigenvalue weighted by atomic mass is 16.5. The third-order valence-corrected chi connectivity index (χ3v) is 2.03. The van der Waals surface area contributed by atoms with Crippen molar-refractivity contribution in [2.75, 3.05) is 13.7 Å². The highest BCUT2D eigenvalue weighted by molar-refractivity contribution is 5.93. The fraction of sp³-hybridized carbons (Fsp3) is 0.231. The summed E-state index contributed by atoms with van der Waals surface area (Å²) >= 11 is 0. The first-order valence-corrected chi connectivity index (χ1v) is 5.18. The second kappa shape index (κ2) is 6.30. The average Bonchev–Trinajstić information content (AvgIpc) is 2.36. The smallest absolute Gasteiger partial charge is 0.384 e. The van der Waals surface area contributed by atoms with Crippen LogP contribution in [0.4, 0.5) is 0 Å². The number of rotatable bonds is 3. The van der Waals surface area contributed by atoms with Crippen molar-refractivity contribution in [1.29, 1.82) is 0 Å². The number of carboxylic acids is 1. The standard InChI is InChI=1S/C13H12O5/c1-3-18-12(14)7-4-9-8-10(17-2)5-6-11(9)13(15)16/h5-6,8H,3H2,1-2H3,(H,15,16). The van der Waals surface area contributed by atoms with Gasteiger partial charge >= 0.3 is 11.9 Å². The molecule has 0 unspecified atom stereocenters. The van der Waals surface area contributed by atoms with Crippen molar-refractivity contribution in [2.24, 2.45) is 0 Å². The molecule has 0 saturated heterocycles. The van der Waals surface area contributed by atoms with Crippen molar-refractivity contribution in [3.8, 4) is 17.6 Å². The van der Waals surface area contributed by atoms with E-state index in [2.05, 4.69) is 16.6 Å². The maximum absolute atomic E-state index is 11.1. The van der Waals surface area contributed by atoms with Crippen LogP contribution >= 0.6 is 0 Å². The zero-order valence-corrected chi connectivity index (χ0v) is 10.0. The van der Waals surface area contributed by atoms with E-state index < -0.39 is 11.9 Å². The van der Waals surface area contributed by atoms with Gasteiger partial charge in [-0.3, -0.25) is 0 Å². The summed E-state index contributed by atoms with van der Waals surface area (Å²) in [6.07, 6.45) is 0. The molecule has 0 amide bonds. The molecule has 0 saturated carbocycles. The van der Waals surface area contributed by atoms with Gasteiger partial charge in [-0.05, 0) is 25.1 Å². The van der Waals surface area contributed by atoms with E-state index in [9.17, 15) is 9.59 Å². The van der Waals surface area contributed by atoms with Crippen LogP contribution in [0.5, 0.6) is 5.75 Å². The van der Waals surface area contributed by atoms with E-state index in [0.29, 0.717) is 5.75 Å². The SMILES string of the molecule is CCOC(=O)C#Cc1cc(OC)ccc1C(=O)O. The monoisotopic (exact) mass is 248 g/mol. The normalized spacial score (nSPS) is 9.00. The van der Waals surface area contributed by atoms with Gasteiger partial charge in [-0.1, -0.05) is 5.92 Å². The van der Waals surface area contributed by atoms with Crippen molar-refractivity contribution in [2.45, 2.75) is 6.92 Å². The molecule has 0 spiro atoms. The summed E-state index contributed by atoms with van der Waals surface area (Å²) in [5.41, 5.74) is 0.211. The average molecular weight is 248 g/mol. The number of aromatic carboxylic acids is 1. The van der Waals surface area contributed by atoms with Gasteiger partial charge in [0.25, 0.3) is 0 Å². The number of methoxy groups -OCH3 is 1. The number of carbonyl (C=O) groups excluding carboxylic acids is 1. The summed E-state index contributed by atoms with van der Waals surface area (Å²) in [6.45, 7) is 1.88. The van der Waals surface area contributed by atoms with Gasteiger partial charge < -0.3 is 14.6 Å². The van der Waals surface area contributed by atoms with Gasteiger partial charge in [0, 0.05) is 11.5 Å². The predicted molar refractivity (Wildman–Crippen MR) is 63.5 cm³/mol. The zero-order chi connectivity index (χ0) is 13.5. The molecule has 0 aliphatic heterocycles. The summed E-state index contributed by atoms with van der Waals surface area (Å²) in [5, 5.41) is 8.97. The largest absolute Gasteiger partial charge is 0.497 e. The van der Waals surface area contributed by atoms with Gasteiger partial charge in [0.05, 0.1) is 19.3 Å². The molecular weight excluding hydrogens is 236 g/mol. The Labute approximate surface area is 104 Å². The van der Waals surface area contributed by atoms with Crippen molar-refractivity contribution >= 4 is 11.9 Å². The number of hydrogen-bond acceptors (Lipinski definition) is 4. The minimum atomic E-state index is -1.12. The number of hydrogen-bond donors (Lipinski definition) is 1. The summed E-state index contributed by atoms with van der Waals surface area (Å²) in [5.74, 6) is 3.33. The lowest BCUT2D eigenvalue weighted by atomic mass is 10.1. The molecule has 1 aromatic carbocycles. The summed E-state index contributed by atoms with van der Waals surface area (Å²) < 4.78 is 9.60. The number of carbonyl (C=O) groups is 2. The molecule has 0 fully saturated rings. The number of esters is 1. The van der Waals surface area contributed by atoms with Crippen LogP contribution in [0.3, 0.4) is 0 Å². The van der Waals surface area contributed by atoms with Gasteiger partial charge in [0.1, 0.15) is 5.75 Å². The van der Waals surface area contributed by atoms with Gasteiger partial charge in [0.2, 0.25) is 0 Å². The van der Waals surface area contributed by atoms with E-state index in [4.69, 9.17) is 9.84 Å². The third-order valence-electron chi connectivity index (χ3n) is 2.03. The summed E-state index contributed by atoms with van der Waals surface area (Å²) in [6, 6.07) is 4.34. The summed E-state index contributed by atoms with van der Waals surface area (Å²) in [7, 11) is 1.46. The van der Waals surface area contributed by atoms with E-state index in [-0.39, 0.29) is 17.7 Å². The first-order valence-electron chi connectivity index (χ1n) is 5.18. The Balaban J connectivity index is 3.12. The molecule has 0 atom stereocenters. The lowest BCUT2D eigenvalue weighted by Gasteiger charge is -2.03. The highest BCUT2D eigenvalue weighted by Gasteiger charge is 2.09. The van der Waals surface area contributed by atoms with E-state index >= 15 is 0 Å². The van der Waals surface area contributed by atoms with Crippen molar-refractivity contribution in [3.63, 3.8) is 0 Å². The van der Waals surface area contributed by atoms with Gasteiger partial charge in [-0.15, -0.1) is 0 Å². The Morgan fingerprint density at radius 3 is 2.67 bits per heavy atom. The quantitative estimate of drug-likeness (QED) is 0.645. The van der Waals surface area contributed by atoms with E-state index in [1.165, 1.54) is 25.3 Å². The number of benzene rings is 1. The van der Waals surface area contributed by atoms with Gasteiger partial charge in [-0.2, -0.15) is 0 Å². The molecular formula is C13H12O5. The minimum absolute atomic E-state index is 0.00704. The first-order chi connectivity index (χ1) is 8.58.